The second-order valence-corrected chi connectivity index (χ2v) is 4.92. The van der Waals surface area contributed by atoms with Crippen LogP contribution in [0.3, 0.4) is 0 Å². The molecule has 3 N–H and O–H groups in total. The van der Waals surface area contributed by atoms with Gasteiger partial charge in [-0.3, -0.25) is 0 Å². The van der Waals surface area contributed by atoms with Crippen molar-refractivity contribution in [3.63, 3.8) is 0 Å². The summed E-state index contributed by atoms with van der Waals surface area (Å²) >= 11 is 0. The summed E-state index contributed by atoms with van der Waals surface area (Å²) in [6.07, 6.45) is 2.64. The molecule has 1 aliphatic rings. The lowest BCUT2D eigenvalue weighted by Crippen LogP contribution is -2.49. The maximum Gasteiger partial charge on any atom is 0.0850 e. The van der Waals surface area contributed by atoms with Gasteiger partial charge in [0.15, 0.2) is 0 Å². The molecule has 2 atom stereocenters. The first-order valence-corrected chi connectivity index (χ1v) is 6.20. The van der Waals surface area contributed by atoms with Crippen molar-refractivity contribution in [1.82, 2.24) is 0 Å². The first kappa shape index (κ1) is 13.9. The van der Waals surface area contributed by atoms with Crippen molar-refractivity contribution in [3.8, 4) is 0 Å². The Morgan fingerprint density at radius 3 is 2.88 bits per heavy atom. The molecule has 0 radical (unpaired) electrons. The number of nitrogens with two attached hydrogens (primary N) is 1. The fourth-order valence-electron chi connectivity index (χ4n) is 2.08. The average Bonchev–Trinajstić information content (AvgIpc) is 2.30. The molecule has 0 aromatic heterocycles. The monoisotopic (exact) mass is 231 g/mol. The third-order valence-electron chi connectivity index (χ3n) is 3.29. The maximum absolute atomic E-state index is 8.76. The number of rotatable bonds is 6. The predicted octanol–water partition coefficient (Wildman–Crippen LogP) is 0.918. The van der Waals surface area contributed by atoms with E-state index in [2.05, 4.69) is 13.8 Å². The summed E-state index contributed by atoms with van der Waals surface area (Å²) in [6, 6.07) is 0. The van der Waals surface area contributed by atoms with Crippen molar-refractivity contribution < 1.29 is 14.6 Å². The molecule has 0 amide bonds. The van der Waals surface area contributed by atoms with Crippen molar-refractivity contribution in [2.45, 2.75) is 44.8 Å². The molecule has 0 aromatic rings. The Morgan fingerprint density at radius 1 is 1.56 bits per heavy atom. The Hall–Kier alpha value is -0.160. The molecule has 1 rings (SSSR count). The Bertz CT molecular complexity index is 199. The lowest BCUT2D eigenvalue weighted by atomic mass is 9.86. The fraction of sp³-hybridized carbons (Fsp3) is 1.00. The molecular weight excluding hydrogens is 206 g/mol. The van der Waals surface area contributed by atoms with Crippen LogP contribution in [0.25, 0.3) is 0 Å². The van der Waals surface area contributed by atoms with E-state index in [1.54, 1.807) is 0 Å². The number of hydrogen-bond donors (Lipinski definition) is 2. The van der Waals surface area contributed by atoms with Crippen molar-refractivity contribution in [1.29, 1.82) is 0 Å². The Labute approximate surface area is 98.1 Å². The molecule has 4 heteroatoms. The Balaban J connectivity index is 2.49. The van der Waals surface area contributed by atoms with Crippen LogP contribution in [0.2, 0.25) is 0 Å². The largest absolute Gasteiger partial charge is 0.396 e. The van der Waals surface area contributed by atoms with Gasteiger partial charge in [-0.15, -0.1) is 0 Å². The van der Waals surface area contributed by atoms with Gasteiger partial charge in [-0.05, 0) is 12.3 Å². The summed E-state index contributed by atoms with van der Waals surface area (Å²) in [4.78, 5) is 0. The van der Waals surface area contributed by atoms with Crippen LogP contribution < -0.4 is 5.73 Å². The fourth-order valence-corrected chi connectivity index (χ4v) is 2.08. The van der Waals surface area contributed by atoms with Gasteiger partial charge in [-0.2, -0.15) is 0 Å². The minimum atomic E-state index is -0.234. The standard InChI is InChI=1S/C12H25NO3/c1-10(2)11-8-12(9-13,4-7-15-11)16-6-3-5-14/h10-11,14H,3-9,13H2,1-2H3. The normalized spacial score (nSPS) is 30.9. The van der Waals surface area contributed by atoms with E-state index >= 15 is 0 Å². The molecule has 1 aliphatic heterocycles. The summed E-state index contributed by atoms with van der Waals surface area (Å²) in [7, 11) is 0. The summed E-state index contributed by atoms with van der Waals surface area (Å²) < 4.78 is 11.6. The Morgan fingerprint density at radius 2 is 2.31 bits per heavy atom. The molecule has 0 bridgehead atoms. The summed E-state index contributed by atoms with van der Waals surface area (Å²) in [5, 5.41) is 8.76. The van der Waals surface area contributed by atoms with Crippen molar-refractivity contribution >= 4 is 0 Å². The van der Waals surface area contributed by atoms with Gasteiger partial charge in [-0.25, -0.2) is 0 Å². The first-order chi connectivity index (χ1) is 7.63. The van der Waals surface area contributed by atoms with Gasteiger partial charge in [0.05, 0.1) is 11.7 Å². The van der Waals surface area contributed by atoms with E-state index in [0.717, 1.165) is 19.4 Å². The third kappa shape index (κ3) is 3.70. The molecule has 0 spiro atoms. The summed E-state index contributed by atoms with van der Waals surface area (Å²) in [5.74, 6) is 0.493. The zero-order valence-electron chi connectivity index (χ0n) is 10.4. The van der Waals surface area contributed by atoms with E-state index in [4.69, 9.17) is 20.3 Å². The van der Waals surface area contributed by atoms with Crippen LogP contribution in [-0.2, 0) is 9.47 Å². The lowest BCUT2D eigenvalue weighted by Gasteiger charge is -2.41. The minimum absolute atomic E-state index is 0.171. The Kier molecular flexibility index (Phi) is 5.69. The van der Waals surface area contributed by atoms with E-state index < -0.39 is 0 Å². The summed E-state index contributed by atoms with van der Waals surface area (Å²) in [5.41, 5.74) is 5.61. The van der Waals surface area contributed by atoms with E-state index in [9.17, 15) is 0 Å². The quantitative estimate of drug-likeness (QED) is 0.667. The van der Waals surface area contributed by atoms with Gasteiger partial charge in [0, 0.05) is 39.2 Å². The highest BCUT2D eigenvalue weighted by atomic mass is 16.5. The second-order valence-electron chi connectivity index (χ2n) is 4.92. The van der Waals surface area contributed by atoms with E-state index in [1.165, 1.54) is 0 Å². The molecular formula is C12H25NO3. The van der Waals surface area contributed by atoms with Gasteiger partial charge in [-0.1, -0.05) is 13.8 Å². The third-order valence-corrected chi connectivity index (χ3v) is 3.29. The smallest absolute Gasteiger partial charge is 0.0850 e. The number of ether oxygens (including phenoxy) is 2. The molecule has 0 aliphatic carbocycles. The highest BCUT2D eigenvalue weighted by Crippen LogP contribution is 2.31. The van der Waals surface area contributed by atoms with Crippen LogP contribution in [-0.4, -0.2) is 43.2 Å². The molecule has 96 valence electrons. The van der Waals surface area contributed by atoms with E-state index in [1.807, 2.05) is 0 Å². The molecule has 2 unspecified atom stereocenters. The van der Waals surface area contributed by atoms with Crippen molar-refractivity contribution in [3.05, 3.63) is 0 Å². The molecule has 16 heavy (non-hydrogen) atoms. The molecule has 0 aromatic carbocycles. The van der Waals surface area contributed by atoms with Gasteiger partial charge in [0.2, 0.25) is 0 Å². The van der Waals surface area contributed by atoms with Gasteiger partial charge in [0.25, 0.3) is 0 Å². The minimum Gasteiger partial charge on any atom is -0.396 e. The summed E-state index contributed by atoms with van der Waals surface area (Å²) in [6.45, 7) is 6.32. The number of aliphatic hydroxyl groups is 1. The van der Waals surface area contributed by atoms with Crippen molar-refractivity contribution in [2.75, 3.05) is 26.4 Å². The SMILES string of the molecule is CC(C)C1CC(CN)(OCCCO)CCO1. The van der Waals surface area contributed by atoms with E-state index in [0.29, 0.717) is 25.5 Å². The zero-order chi connectivity index (χ0) is 12.0. The average molecular weight is 231 g/mol. The van der Waals surface area contributed by atoms with Crippen molar-refractivity contribution in [2.24, 2.45) is 11.7 Å². The molecule has 1 fully saturated rings. The number of aliphatic hydroxyl groups excluding tert-OH is 1. The maximum atomic E-state index is 8.76. The highest BCUT2D eigenvalue weighted by Gasteiger charge is 2.37. The van der Waals surface area contributed by atoms with Crippen LogP contribution in [0, 0.1) is 5.92 Å². The topological polar surface area (TPSA) is 64.7 Å². The van der Waals surface area contributed by atoms with Gasteiger partial charge >= 0.3 is 0 Å². The molecule has 0 saturated carbocycles. The molecule has 1 saturated heterocycles. The number of hydrogen-bond acceptors (Lipinski definition) is 4. The van der Waals surface area contributed by atoms with Gasteiger partial charge < -0.3 is 20.3 Å². The van der Waals surface area contributed by atoms with Crippen LogP contribution in [0.5, 0.6) is 0 Å². The van der Waals surface area contributed by atoms with E-state index in [-0.39, 0.29) is 18.3 Å². The van der Waals surface area contributed by atoms with Crippen LogP contribution in [0.4, 0.5) is 0 Å². The van der Waals surface area contributed by atoms with Crippen LogP contribution >= 0.6 is 0 Å². The molecule has 1 heterocycles. The van der Waals surface area contributed by atoms with Gasteiger partial charge in [0.1, 0.15) is 0 Å². The van der Waals surface area contributed by atoms with Crippen LogP contribution in [0.15, 0.2) is 0 Å². The highest BCUT2D eigenvalue weighted by molar-refractivity contribution is 4.89. The second kappa shape index (κ2) is 6.55. The zero-order valence-corrected chi connectivity index (χ0v) is 10.4. The predicted molar refractivity (Wildman–Crippen MR) is 63.3 cm³/mol. The molecule has 4 nitrogen and oxygen atoms in total. The lowest BCUT2D eigenvalue weighted by molar-refractivity contribution is -0.144. The first-order valence-electron chi connectivity index (χ1n) is 6.20. The van der Waals surface area contributed by atoms with Crippen LogP contribution in [0.1, 0.15) is 33.1 Å².